The molecule has 0 aromatic heterocycles. The van der Waals surface area contributed by atoms with Gasteiger partial charge in [0.15, 0.2) is 0 Å². The molecule has 0 amide bonds. The van der Waals surface area contributed by atoms with E-state index in [1.807, 2.05) is 27.7 Å². The average molecular weight is 167 g/mol. The van der Waals surface area contributed by atoms with Crippen molar-refractivity contribution < 1.29 is 5.21 Å². The minimum atomic E-state index is -0.293. The molecule has 1 heterocycles. The van der Waals surface area contributed by atoms with E-state index in [0.717, 1.165) is 6.42 Å². The molecular formula is C10H17NO. The number of nitrogens with zero attached hydrogens (tertiary/aromatic N) is 1. The highest BCUT2D eigenvalue weighted by Gasteiger charge is 2.50. The van der Waals surface area contributed by atoms with Crippen LogP contribution < -0.4 is 0 Å². The van der Waals surface area contributed by atoms with Gasteiger partial charge >= 0.3 is 0 Å². The van der Waals surface area contributed by atoms with Gasteiger partial charge < -0.3 is 5.21 Å². The molecule has 1 N–H and O–H groups in total. The van der Waals surface area contributed by atoms with E-state index >= 15 is 0 Å². The van der Waals surface area contributed by atoms with E-state index in [9.17, 15) is 5.21 Å². The molecule has 12 heavy (non-hydrogen) atoms. The fraction of sp³-hybridized carbons (Fsp3) is 0.800. The summed E-state index contributed by atoms with van der Waals surface area (Å²) in [6.07, 6.45) is 6.26. The zero-order valence-electron chi connectivity index (χ0n) is 8.26. The van der Waals surface area contributed by atoms with E-state index < -0.39 is 0 Å². The highest BCUT2D eigenvalue weighted by atomic mass is 16.5. The van der Waals surface area contributed by atoms with E-state index in [-0.39, 0.29) is 17.0 Å². The van der Waals surface area contributed by atoms with Gasteiger partial charge in [0.25, 0.3) is 0 Å². The summed E-state index contributed by atoms with van der Waals surface area (Å²) in [6.45, 7) is 7.97. The summed E-state index contributed by atoms with van der Waals surface area (Å²) in [5, 5.41) is 11.2. The van der Waals surface area contributed by atoms with Crippen molar-refractivity contribution in [3.63, 3.8) is 0 Å². The fourth-order valence-corrected chi connectivity index (χ4v) is 2.03. The zero-order valence-corrected chi connectivity index (χ0v) is 8.26. The normalized spacial score (nSPS) is 33.2. The second-order valence-electron chi connectivity index (χ2n) is 4.70. The van der Waals surface area contributed by atoms with Crippen molar-refractivity contribution in [2.45, 2.75) is 45.2 Å². The molecule has 0 aromatic carbocycles. The number of hydrogen-bond donors (Lipinski definition) is 1. The van der Waals surface area contributed by atoms with E-state index in [0.29, 0.717) is 0 Å². The average Bonchev–Trinajstić information content (AvgIpc) is 2.11. The molecule has 2 nitrogen and oxygen atoms in total. The van der Waals surface area contributed by atoms with Crippen molar-refractivity contribution >= 4 is 0 Å². The summed E-state index contributed by atoms with van der Waals surface area (Å²) in [5.74, 6) is 2.88. The van der Waals surface area contributed by atoms with Crippen LogP contribution in [0.4, 0.5) is 0 Å². The first-order chi connectivity index (χ1) is 5.32. The third-order valence-corrected chi connectivity index (χ3v) is 2.88. The highest BCUT2D eigenvalue weighted by Crippen LogP contribution is 2.42. The lowest BCUT2D eigenvalue weighted by atomic mass is 9.88. The maximum Gasteiger partial charge on any atom is 0.0548 e. The lowest BCUT2D eigenvalue weighted by Gasteiger charge is -2.34. The van der Waals surface area contributed by atoms with E-state index in [4.69, 9.17) is 6.42 Å². The first-order valence-electron chi connectivity index (χ1n) is 4.28. The predicted octanol–water partition coefficient (Wildman–Crippen LogP) is 1.89. The van der Waals surface area contributed by atoms with E-state index in [2.05, 4.69) is 5.92 Å². The van der Waals surface area contributed by atoms with E-state index in [1.54, 1.807) is 0 Å². The van der Waals surface area contributed by atoms with Crippen LogP contribution in [-0.2, 0) is 0 Å². The topological polar surface area (TPSA) is 23.5 Å². The van der Waals surface area contributed by atoms with Gasteiger partial charge in [-0.1, -0.05) is 0 Å². The van der Waals surface area contributed by atoms with Crippen molar-refractivity contribution in [1.82, 2.24) is 5.06 Å². The monoisotopic (exact) mass is 167 g/mol. The summed E-state index contributed by atoms with van der Waals surface area (Å²) in [5.41, 5.74) is -0.487. The number of hydrogen-bond acceptors (Lipinski definition) is 2. The van der Waals surface area contributed by atoms with Gasteiger partial charge in [-0.05, 0) is 34.1 Å². The molecule has 1 aliphatic rings. The van der Waals surface area contributed by atoms with Gasteiger partial charge in [-0.3, -0.25) is 0 Å². The Balaban J connectivity index is 2.98. The summed E-state index contributed by atoms with van der Waals surface area (Å²) < 4.78 is 0. The van der Waals surface area contributed by atoms with Gasteiger partial charge in [0.2, 0.25) is 0 Å². The fourth-order valence-electron chi connectivity index (χ4n) is 2.03. The molecule has 1 fully saturated rings. The molecule has 0 aliphatic carbocycles. The Morgan fingerprint density at radius 3 is 2.08 bits per heavy atom. The van der Waals surface area contributed by atoms with Gasteiger partial charge in [-0.15, -0.1) is 12.3 Å². The Bertz CT molecular complexity index is 224. The third-order valence-electron chi connectivity index (χ3n) is 2.88. The van der Waals surface area contributed by atoms with Crippen LogP contribution in [0.15, 0.2) is 0 Å². The smallest absolute Gasteiger partial charge is 0.0548 e. The van der Waals surface area contributed by atoms with Gasteiger partial charge in [-0.25, -0.2) is 0 Å². The molecule has 1 atom stereocenters. The van der Waals surface area contributed by atoms with Crippen LogP contribution >= 0.6 is 0 Å². The molecule has 0 spiro atoms. The van der Waals surface area contributed by atoms with Crippen molar-refractivity contribution in [3.8, 4) is 12.3 Å². The second kappa shape index (κ2) is 2.48. The zero-order chi connectivity index (χ0) is 9.57. The van der Waals surface area contributed by atoms with Gasteiger partial charge in [0, 0.05) is 11.5 Å². The molecular weight excluding hydrogens is 150 g/mol. The van der Waals surface area contributed by atoms with Crippen LogP contribution in [0.2, 0.25) is 0 Å². The van der Waals surface area contributed by atoms with Crippen LogP contribution in [0.25, 0.3) is 0 Å². The summed E-state index contributed by atoms with van der Waals surface area (Å²) in [7, 11) is 0. The molecule has 0 saturated carbocycles. The SMILES string of the molecule is C#CC1CC(C)(C)N(O)C1(C)C. The summed E-state index contributed by atoms with van der Waals surface area (Å²) >= 11 is 0. The molecule has 0 bridgehead atoms. The largest absolute Gasteiger partial charge is 0.313 e. The van der Waals surface area contributed by atoms with Crippen LogP contribution in [0.3, 0.4) is 0 Å². The predicted molar refractivity (Wildman–Crippen MR) is 48.7 cm³/mol. The number of rotatable bonds is 0. The van der Waals surface area contributed by atoms with Crippen LogP contribution in [0.5, 0.6) is 0 Å². The van der Waals surface area contributed by atoms with Crippen molar-refractivity contribution in [2.24, 2.45) is 5.92 Å². The minimum Gasteiger partial charge on any atom is -0.313 e. The molecule has 1 aliphatic heterocycles. The van der Waals surface area contributed by atoms with Crippen molar-refractivity contribution in [3.05, 3.63) is 0 Å². The Hall–Kier alpha value is -0.520. The Morgan fingerprint density at radius 2 is 1.92 bits per heavy atom. The molecule has 0 aromatic rings. The van der Waals surface area contributed by atoms with Gasteiger partial charge in [0.1, 0.15) is 0 Å². The lowest BCUT2D eigenvalue weighted by Crippen LogP contribution is -2.47. The molecule has 68 valence electrons. The number of hydroxylamine groups is 2. The molecule has 0 radical (unpaired) electrons. The van der Waals surface area contributed by atoms with E-state index in [1.165, 1.54) is 5.06 Å². The molecule has 1 saturated heterocycles. The maximum atomic E-state index is 9.82. The molecule has 1 unspecified atom stereocenters. The van der Waals surface area contributed by atoms with Gasteiger partial charge in [-0.2, -0.15) is 5.06 Å². The van der Waals surface area contributed by atoms with Crippen LogP contribution in [0.1, 0.15) is 34.1 Å². The Labute approximate surface area is 74.5 Å². The standard InChI is InChI=1S/C10H17NO/c1-6-8-7-9(2,3)11(12)10(8,4)5/h1,8,12H,7H2,2-5H3. The first-order valence-corrected chi connectivity index (χ1v) is 4.28. The molecule has 2 heteroatoms. The quantitative estimate of drug-likeness (QED) is 0.557. The Morgan fingerprint density at radius 1 is 1.42 bits per heavy atom. The van der Waals surface area contributed by atoms with Crippen molar-refractivity contribution in [2.75, 3.05) is 0 Å². The van der Waals surface area contributed by atoms with Gasteiger partial charge in [0.05, 0.1) is 5.54 Å². The summed E-state index contributed by atoms with van der Waals surface area (Å²) in [6, 6.07) is 0. The maximum absolute atomic E-state index is 9.82. The summed E-state index contributed by atoms with van der Waals surface area (Å²) in [4.78, 5) is 0. The second-order valence-corrected chi connectivity index (χ2v) is 4.70. The van der Waals surface area contributed by atoms with Crippen molar-refractivity contribution in [1.29, 1.82) is 0 Å². The lowest BCUT2D eigenvalue weighted by molar-refractivity contribution is -0.194. The third kappa shape index (κ3) is 1.14. The van der Waals surface area contributed by atoms with Crippen LogP contribution in [0, 0.1) is 18.3 Å². The minimum absolute atomic E-state index is 0.137. The van der Waals surface area contributed by atoms with Crippen LogP contribution in [-0.4, -0.2) is 21.3 Å². The number of terminal acetylenes is 1. The molecule has 1 rings (SSSR count). The first kappa shape index (κ1) is 9.57. The highest BCUT2D eigenvalue weighted by molar-refractivity contribution is 5.12. The Kier molecular flexibility index (Phi) is 1.98.